The number of piperazine rings is 1. The van der Waals surface area contributed by atoms with Crippen LogP contribution in [0.2, 0.25) is 0 Å². The number of carbonyl (C=O) groups excluding carboxylic acids is 1. The van der Waals surface area contributed by atoms with E-state index in [1.165, 1.54) is 11.6 Å². The number of nitrogens with one attached hydrogen (secondary N) is 1. The molecule has 4 rings (SSSR count). The normalized spacial score (nSPS) is 16.2. The molecular weight excluding hydrogens is 361 g/mol. The molecule has 0 radical (unpaired) electrons. The van der Waals surface area contributed by atoms with Crippen LogP contribution < -0.4 is 14.8 Å². The molecule has 7 heteroatoms. The second kappa shape index (κ2) is 8.48. The average molecular weight is 385 g/mol. The summed E-state index contributed by atoms with van der Waals surface area (Å²) in [6.07, 6.45) is 0.358. The van der Waals surface area contributed by atoms with Crippen molar-refractivity contribution >= 4 is 11.6 Å². The third-order valence-electron chi connectivity index (χ3n) is 5.10. The lowest BCUT2D eigenvalue weighted by atomic mass is 10.1. The van der Waals surface area contributed by atoms with Crippen LogP contribution in [-0.4, -0.2) is 55.2 Å². The summed E-state index contributed by atoms with van der Waals surface area (Å²) in [5.41, 5.74) is 1.61. The lowest BCUT2D eigenvalue weighted by molar-refractivity contribution is -0.132. The SMILES string of the molecule is O=C(CCNc1ccccc1F)N1CCN(Cc2ccc3c(c2)OCO3)CC1. The molecule has 0 unspecified atom stereocenters. The fourth-order valence-electron chi connectivity index (χ4n) is 3.52. The number of amides is 1. The maximum absolute atomic E-state index is 13.6. The van der Waals surface area contributed by atoms with Gasteiger partial charge in [0.15, 0.2) is 11.5 Å². The summed E-state index contributed by atoms with van der Waals surface area (Å²) in [5.74, 6) is 1.40. The predicted molar refractivity (Wildman–Crippen MR) is 104 cm³/mol. The van der Waals surface area contributed by atoms with Crippen molar-refractivity contribution in [1.29, 1.82) is 0 Å². The Labute approximate surface area is 163 Å². The summed E-state index contributed by atoms with van der Waals surface area (Å²) in [5, 5.41) is 2.99. The number of hydrogen-bond acceptors (Lipinski definition) is 5. The highest BCUT2D eigenvalue weighted by Gasteiger charge is 2.21. The summed E-state index contributed by atoms with van der Waals surface area (Å²) in [7, 11) is 0. The number of rotatable bonds is 6. The monoisotopic (exact) mass is 385 g/mol. The van der Waals surface area contributed by atoms with Crippen LogP contribution in [-0.2, 0) is 11.3 Å². The number of ether oxygens (including phenoxy) is 2. The van der Waals surface area contributed by atoms with Gasteiger partial charge in [-0.05, 0) is 29.8 Å². The molecule has 2 aliphatic rings. The van der Waals surface area contributed by atoms with Crippen molar-refractivity contribution < 1.29 is 18.7 Å². The van der Waals surface area contributed by atoms with E-state index in [2.05, 4.69) is 16.3 Å². The largest absolute Gasteiger partial charge is 0.454 e. The molecule has 1 amide bonds. The Morgan fingerprint density at radius 3 is 2.64 bits per heavy atom. The minimum atomic E-state index is -0.299. The van der Waals surface area contributed by atoms with E-state index in [1.807, 2.05) is 17.0 Å². The zero-order valence-corrected chi connectivity index (χ0v) is 15.7. The van der Waals surface area contributed by atoms with E-state index in [9.17, 15) is 9.18 Å². The van der Waals surface area contributed by atoms with Crippen LogP contribution in [0.15, 0.2) is 42.5 Å². The van der Waals surface area contributed by atoms with Gasteiger partial charge < -0.3 is 19.7 Å². The second-order valence-corrected chi connectivity index (χ2v) is 7.00. The third kappa shape index (κ3) is 4.36. The summed E-state index contributed by atoms with van der Waals surface area (Å²) in [6.45, 7) is 4.63. The van der Waals surface area contributed by atoms with Gasteiger partial charge in [0.25, 0.3) is 0 Å². The van der Waals surface area contributed by atoms with E-state index in [0.717, 1.165) is 31.1 Å². The Morgan fingerprint density at radius 1 is 1.04 bits per heavy atom. The van der Waals surface area contributed by atoms with Crippen molar-refractivity contribution in [2.24, 2.45) is 0 Å². The second-order valence-electron chi connectivity index (χ2n) is 7.00. The molecule has 0 atom stereocenters. The lowest BCUT2D eigenvalue weighted by Crippen LogP contribution is -2.48. The third-order valence-corrected chi connectivity index (χ3v) is 5.10. The van der Waals surface area contributed by atoms with Crippen LogP contribution in [0, 0.1) is 5.82 Å². The Morgan fingerprint density at radius 2 is 1.82 bits per heavy atom. The summed E-state index contributed by atoms with van der Waals surface area (Å²) < 4.78 is 24.4. The summed E-state index contributed by atoms with van der Waals surface area (Å²) in [6, 6.07) is 12.5. The van der Waals surface area contributed by atoms with E-state index >= 15 is 0 Å². The number of para-hydroxylation sites is 1. The van der Waals surface area contributed by atoms with Gasteiger partial charge in [-0.25, -0.2) is 4.39 Å². The van der Waals surface area contributed by atoms with E-state index in [-0.39, 0.29) is 18.5 Å². The predicted octanol–water partition coefficient (Wildman–Crippen LogP) is 2.70. The van der Waals surface area contributed by atoms with Crippen LogP contribution >= 0.6 is 0 Å². The minimum absolute atomic E-state index is 0.103. The number of halogens is 1. The fourth-order valence-corrected chi connectivity index (χ4v) is 3.52. The number of fused-ring (bicyclic) bond motifs is 1. The number of carbonyl (C=O) groups is 1. The number of hydrogen-bond donors (Lipinski definition) is 1. The number of nitrogens with zero attached hydrogens (tertiary/aromatic N) is 2. The van der Waals surface area contributed by atoms with Crippen LogP contribution in [0.5, 0.6) is 11.5 Å². The first kappa shape index (κ1) is 18.6. The van der Waals surface area contributed by atoms with Crippen LogP contribution in [0.1, 0.15) is 12.0 Å². The molecule has 2 heterocycles. The van der Waals surface area contributed by atoms with Gasteiger partial charge in [-0.2, -0.15) is 0 Å². The zero-order valence-electron chi connectivity index (χ0n) is 15.7. The van der Waals surface area contributed by atoms with Gasteiger partial charge in [0, 0.05) is 45.7 Å². The molecule has 28 heavy (non-hydrogen) atoms. The molecule has 2 aromatic rings. The molecule has 1 saturated heterocycles. The molecule has 2 aromatic carbocycles. The molecule has 2 aliphatic heterocycles. The topological polar surface area (TPSA) is 54.0 Å². The molecule has 0 aromatic heterocycles. The first-order valence-corrected chi connectivity index (χ1v) is 9.56. The molecular formula is C21H24FN3O3. The number of benzene rings is 2. The number of anilines is 1. The highest BCUT2D eigenvalue weighted by molar-refractivity contribution is 5.76. The first-order chi connectivity index (χ1) is 13.7. The zero-order chi connectivity index (χ0) is 19.3. The average Bonchev–Trinajstić information content (AvgIpc) is 3.18. The molecule has 0 saturated carbocycles. The standard InChI is InChI=1S/C21H24FN3O3/c22-17-3-1-2-4-18(17)23-8-7-21(26)25-11-9-24(10-12-25)14-16-5-6-19-20(13-16)28-15-27-19/h1-6,13,23H,7-12,14-15H2. The molecule has 0 spiro atoms. The van der Waals surface area contributed by atoms with Crippen molar-refractivity contribution in [1.82, 2.24) is 9.80 Å². The van der Waals surface area contributed by atoms with E-state index < -0.39 is 0 Å². The van der Waals surface area contributed by atoms with Crippen molar-refractivity contribution in [2.75, 3.05) is 44.8 Å². The van der Waals surface area contributed by atoms with Crippen molar-refractivity contribution in [3.05, 3.63) is 53.8 Å². The van der Waals surface area contributed by atoms with Gasteiger partial charge in [0.1, 0.15) is 5.82 Å². The molecule has 6 nitrogen and oxygen atoms in total. The van der Waals surface area contributed by atoms with Crippen molar-refractivity contribution in [2.45, 2.75) is 13.0 Å². The quantitative estimate of drug-likeness (QED) is 0.829. The van der Waals surface area contributed by atoms with Gasteiger partial charge >= 0.3 is 0 Å². The smallest absolute Gasteiger partial charge is 0.231 e. The Balaban J connectivity index is 1.20. The molecule has 1 fully saturated rings. The van der Waals surface area contributed by atoms with Crippen molar-refractivity contribution in [3.8, 4) is 11.5 Å². The molecule has 1 N–H and O–H groups in total. The van der Waals surface area contributed by atoms with E-state index in [4.69, 9.17) is 9.47 Å². The molecule has 148 valence electrons. The Bertz CT molecular complexity index is 837. The Kier molecular flexibility index (Phi) is 5.62. The van der Waals surface area contributed by atoms with Gasteiger partial charge in [-0.3, -0.25) is 9.69 Å². The van der Waals surface area contributed by atoms with Gasteiger partial charge in [0.2, 0.25) is 12.7 Å². The maximum atomic E-state index is 13.6. The van der Waals surface area contributed by atoms with Crippen LogP contribution in [0.3, 0.4) is 0 Å². The molecule has 0 aliphatic carbocycles. The Hall–Kier alpha value is -2.80. The fraction of sp³-hybridized carbons (Fsp3) is 0.381. The van der Waals surface area contributed by atoms with Crippen LogP contribution in [0.4, 0.5) is 10.1 Å². The van der Waals surface area contributed by atoms with Crippen LogP contribution in [0.25, 0.3) is 0 Å². The van der Waals surface area contributed by atoms with E-state index in [0.29, 0.717) is 31.7 Å². The van der Waals surface area contributed by atoms with E-state index in [1.54, 1.807) is 18.2 Å². The summed E-state index contributed by atoms with van der Waals surface area (Å²) in [4.78, 5) is 16.6. The highest BCUT2D eigenvalue weighted by Crippen LogP contribution is 2.32. The highest BCUT2D eigenvalue weighted by atomic mass is 19.1. The summed E-state index contributed by atoms with van der Waals surface area (Å²) >= 11 is 0. The molecule has 0 bridgehead atoms. The maximum Gasteiger partial charge on any atom is 0.231 e. The van der Waals surface area contributed by atoms with Crippen molar-refractivity contribution in [3.63, 3.8) is 0 Å². The van der Waals surface area contributed by atoms with Gasteiger partial charge in [-0.1, -0.05) is 18.2 Å². The minimum Gasteiger partial charge on any atom is -0.454 e. The van der Waals surface area contributed by atoms with Gasteiger partial charge in [-0.15, -0.1) is 0 Å². The first-order valence-electron chi connectivity index (χ1n) is 9.56. The lowest BCUT2D eigenvalue weighted by Gasteiger charge is -2.35. The van der Waals surface area contributed by atoms with Gasteiger partial charge in [0.05, 0.1) is 5.69 Å².